The number of guanidine groups is 1. The first-order valence-corrected chi connectivity index (χ1v) is 11.2. The third-order valence-electron chi connectivity index (χ3n) is 4.61. The van der Waals surface area contributed by atoms with Crippen LogP contribution in [0, 0.1) is 5.92 Å². The highest BCUT2D eigenvalue weighted by molar-refractivity contribution is 14.0. The van der Waals surface area contributed by atoms with Gasteiger partial charge in [-0.3, -0.25) is 0 Å². The number of fused-ring (bicyclic) bond motifs is 1. The first-order chi connectivity index (χ1) is 15.6. The van der Waals surface area contributed by atoms with Crippen LogP contribution in [0.15, 0.2) is 41.4 Å². The van der Waals surface area contributed by atoms with E-state index in [9.17, 15) is 0 Å². The molecule has 3 rings (SSSR count). The van der Waals surface area contributed by atoms with Crippen LogP contribution in [-0.4, -0.2) is 51.0 Å². The Balaban J connectivity index is 0.00000385. The molecule has 2 N–H and O–H groups in total. The average molecular weight is 570 g/mol. The van der Waals surface area contributed by atoms with Gasteiger partial charge in [-0.05, 0) is 30.5 Å². The van der Waals surface area contributed by atoms with Crippen molar-refractivity contribution >= 4 is 35.6 Å². The van der Waals surface area contributed by atoms with E-state index < -0.39 is 0 Å². The number of nitrogens with one attached hydrogen (secondary N) is 2. The highest BCUT2D eigenvalue weighted by Gasteiger charge is 2.11. The van der Waals surface area contributed by atoms with Gasteiger partial charge in [-0.1, -0.05) is 19.9 Å². The number of hydrogen-bond donors (Lipinski definition) is 2. The number of pyridine rings is 1. The molecule has 1 aromatic heterocycles. The summed E-state index contributed by atoms with van der Waals surface area (Å²) in [6, 6.07) is 11.5. The molecule has 0 amide bonds. The molecule has 0 spiro atoms. The normalized spacial score (nSPS) is 13.2. The molecule has 2 heterocycles. The molecule has 0 aliphatic carbocycles. The fourth-order valence-electron chi connectivity index (χ4n) is 3.04. The van der Waals surface area contributed by atoms with Crippen molar-refractivity contribution < 1.29 is 18.9 Å². The van der Waals surface area contributed by atoms with Gasteiger partial charge in [0.05, 0.1) is 32.6 Å². The van der Waals surface area contributed by atoms with Crippen LogP contribution >= 0.6 is 24.0 Å². The van der Waals surface area contributed by atoms with Gasteiger partial charge >= 0.3 is 0 Å². The van der Waals surface area contributed by atoms with Gasteiger partial charge in [-0.25, -0.2) is 9.98 Å². The molecule has 1 aliphatic rings. The van der Waals surface area contributed by atoms with Crippen molar-refractivity contribution in [1.29, 1.82) is 0 Å². The molecule has 0 radical (unpaired) electrons. The van der Waals surface area contributed by atoms with E-state index in [2.05, 4.69) is 29.5 Å². The van der Waals surface area contributed by atoms with E-state index in [4.69, 9.17) is 23.9 Å². The number of ether oxygens (including phenoxy) is 4. The van der Waals surface area contributed by atoms with Crippen molar-refractivity contribution in [1.82, 2.24) is 10.3 Å². The number of rotatable bonds is 10. The van der Waals surface area contributed by atoms with Crippen LogP contribution in [0.2, 0.25) is 0 Å². The predicted molar refractivity (Wildman–Crippen MR) is 141 cm³/mol. The van der Waals surface area contributed by atoms with E-state index in [1.807, 2.05) is 36.4 Å². The molecule has 182 valence electrons. The largest absolute Gasteiger partial charge is 0.490 e. The molecule has 0 saturated heterocycles. The van der Waals surface area contributed by atoms with Crippen molar-refractivity contribution in [2.75, 3.05) is 45.4 Å². The Bertz CT molecular complexity index is 879. The van der Waals surface area contributed by atoms with Gasteiger partial charge in [0.25, 0.3) is 0 Å². The fourth-order valence-corrected chi connectivity index (χ4v) is 3.04. The third-order valence-corrected chi connectivity index (χ3v) is 4.61. The molecule has 0 fully saturated rings. The SMILES string of the molecule is COc1cccc(CN=C(NCCCOCC(C)C)Nc2ccc3c(c2)OCCCO3)n1.I. The highest BCUT2D eigenvalue weighted by atomic mass is 127. The van der Waals surface area contributed by atoms with Crippen molar-refractivity contribution in [3.8, 4) is 17.4 Å². The molecule has 9 heteroatoms. The molecule has 33 heavy (non-hydrogen) atoms. The number of nitrogens with zero attached hydrogens (tertiary/aromatic N) is 2. The van der Waals surface area contributed by atoms with Crippen LogP contribution in [0.25, 0.3) is 0 Å². The van der Waals surface area contributed by atoms with Crippen molar-refractivity contribution in [3.63, 3.8) is 0 Å². The second kappa shape index (κ2) is 14.8. The van der Waals surface area contributed by atoms with Crippen LogP contribution in [0.5, 0.6) is 17.4 Å². The lowest BCUT2D eigenvalue weighted by molar-refractivity contribution is 0.108. The Labute approximate surface area is 213 Å². The fraction of sp³-hybridized carbons (Fsp3) is 0.500. The molecule has 2 aromatic rings. The molecular formula is C24H35IN4O4. The van der Waals surface area contributed by atoms with E-state index >= 15 is 0 Å². The molecule has 0 unspecified atom stereocenters. The van der Waals surface area contributed by atoms with Gasteiger partial charge in [0.2, 0.25) is 5.88 Å². The highest BCUT2D eigenvalue weighted by Crippen LogP contribution is 2.32. The van der Waals surface area contributed by atoms with E-state index in [1.165, 1.54) is 0 Å². The zero-order valence-electron chi connectivity index (χ0n) is 19.6. The Morgan fingerprint density at radius 2 is 1.97 bits per heavy atom. The summed E-state index contributed by atoms with van der Waals surface area (Å²) in [4.78, 5) is 9.14. The second-order valence-corrected chi connectivity index (χ2v) is 7.92. The van der Waals surface area contributed by atoms with Crippen molar-refractivity contribution in [2.24, 2.45) is 10.9 Å². The minimum atomic E-state index is 0. The molecule has 0 saturated carbocycles. The molecule has 1 aliphatic heterocycles. The predicted octanol–water partition coefficient (Wildman–Crippen LogP) is 4.49. The summed E-state index contributed by atoms with van der Waals surface area (Å²) in [6.07, 6.45) is 1.75. The Morgan fingerprint density at radius 1 is 1.15 bits per heavy atom. The first-order valence-electron chi connectivity index (χ1n) is 11.2. The lowest BCUT2D eigenvalue weighted by atomic mass is 10.2. The topological polar surface area (TPSA) is 86.2 Å². The molecular weight excluding hydrogens is 535 g/mol. The summed E-state index contributed by atoms with van der Waals surface area (Å²) >= 11 is 0. The quantitative estimate of drug-likeness (QED) is 0.189. The standard InChI is InChI=1S/C24H34N4O4.HI/c1-18(2)17-30-12-5-11-25-24(26-16-20-7-4-8-23(27-20)29-3)28-19-9-10-21-22(15-19)32-14-6-13-31-21;/h4,7-10,15,18H,5-6,11-14,16-17H2,1-3H3,(H2,25,26,28);1H. The summed E-state index contributed by atoms with van der Waals surface area (Å²) in [7, 11) is 1.61. The Kier molecular flexibility index (Phi) is 12.1. The molecule has 0 bridgehead atoms. The van der Waals surface area contributed by atoms with E-state index in [0.29, 0.717) is 44.1 Å². The summed E-state index contributed by atoms with van der Waals surface area (Å²) < 4.78 is 22.4. The Morgan fingerprint density at radius 3 is 2.76 bits per heavy atom. The number of benzene rings is 1. The van der Waals surface area contributed by atoms with Crippen LogP contribution < -0.4 is 24.8 Å². The van der Waals surface area contributed by atoms with Gasteiger partial charge in [0.1, 0.15) is 0 Å². The van der Waals surface area contributed by atoms with Gasteiger partial charge in [-0.2, -0.15) is 0 Å². The average Bonchev–Trinajstić information content (AvgIpc) is 3.04. The number of anilines is 1. The molecule has 0 atom stereocenters. The summed E-state index contributed by atoms with van der Waals surface area (Å²) in [5.74, 6) is 3.28. The molecule has 8 nitrogen and oxygen atoms in total. The van der Waals surface area contributed by atoms with Crippen molar-refractivity contribution in [3.05, 3.63) is 42.1 Å². The zero-order valence-corrected chi connectivity index (χ0v) is 22.0. The van der Waals surface area contributed by atoms with Gasteiger partial charge < -0.3 is 29.6 Å². The Hall–Kier alpha value is -2.27. The summed E-state index contributed by atoms with van der Waals surface area (Å²) in [5.41, 5.74) is 1.69. The van der Waals surface area contributed by atoms with Crippen LogP contribution in [-0.2, 0) is 11.3 Å². The lowest BCUT2D eigenvalue weighted by Crippen LogP contribution is -2.32. The lowest BCUT2D eigenvalue weighted by Gasteiger charge is -2.15. The van der Waals surface area contributed by atoms with Crippen LogP contribution in [0.1, 0.15) is 32.4 Å². The van der Waals surface area contributed by atoms with E-state index in [-0.39, 0.29) is 24.0 Å². The minimum Gasteiger partial charge on any atom is -0.490 e. The summed E-state index contributed by atoms with van der Waals surface area (Å²) in [6.45, 7) is 8.25. The maximum atomic E-state index is 5.80. The third kappa shape index (κ3) is 9.63. The van der Waals surface area contributed by atoms with Crippen LogP contribution in [0.3, 0.4) is 0 Å². The zero-order chi connectivity index (χ0) is 22.6. The van der Waals surface area contributed by atoms with Gasteiger partial charge in [0, 0.05) is 44.0 Å². The van der Waals surface area contributed by atoms with Crippen LogP contribution in [0.4, 0.5) is 5.69 Å². The number of aromatic nitrogens is 1. The number of hydrogen-bond acceptors (Lipinski definition) is 6. The van der Waals surface area contributed by atoms with Crippen molar-refractivity contribution in [2.45, 2.75) is 33.2 Å². The smallest absolute Gasteiger partial charge is 0.213 e. The van der Waals surface area contributed by atoms with Gasteiger partial charge in [0.15, 0.2) is 17.5 Å². The van der Waals surface area contributed by atoms with Gasteiger partial charge in [-0.15, -0.1) is 24.0 Å². The maximum absolute atomic E-state index is 5.80. The molecule has 1 aromatic carbocycles. The maximum Gasteiger partial charge on any atom is 0.213 e. The minimum absolute atomic E-state index is 0. The van der Waals surface area contributed by atoms with E-state index in [1.54, 1.807) is 7.11 Å². The second-order valence-electron chi connectivity index (χ2n) is 7.92. The number of halogens is 1. The monoisotopic (exact) mass is 570 g/mol. The first kappa shape index (κ1) is 27.0. The van der Waals surface area contributed by atoms with E-state index in [0.717, 1.165) is 48.9 Å². The number of methoxy groups -OCH3 is 1. The summed E-state index contributed by atoms with van der Waals surface area (Å²) in [5, 5.41) is 6.74. The number of aliphatic imine (C=N–C) groups is 1.